The van der Waals surface area contributed by atoms with Crippen LogP contribution in [0.25, 0.3) is 0 Å². The summed E-state index contributed by atoms with van der Waals surface area (Å²) in [5, 5.41) is 0. The molecule has 1 N–H and O–H groups in total. The molecule has 2 rings (SSSR count). The predicted molar refractivity (Wildman–Crippen MR) is 73.0 cm³/mol. The third-order valence-corrected chi connectivity index (χ3v) is 3.45. The average Bonchev–Trinajstić information content (AvgIpc) is 2.73. The Balaban J connectivity index is 2.39. The molecule has 1 saturated heterocycles. The van der Waals surface area contributed by atoms with Crippen LogP contribution in [-0.2, 0) is 14.8 Å². The van der Waals surface area contributed by atoms with Crippen molar-refractivity contribution >= 4 is 27.3 Å². The molecule has 0 unspecified atom stereocenters. The van der Waals surface area contributed by atoms with Crippen LogP contribution in [0.5, 0.6) is 5.75 Å². The molecule has 1 aromatic rings. The highest BCUT2D eigenvalue weighted by Crippen LogP contribution is 2.34. The van der Waals surface area contributed by atoms with E-state index in [0.717, 1.165) is 12.7 Å². The van der Waals surface area contributed by atoms with Crippen molar-refractivity contribution in [2.75, 3.05) is 29.5 Å². The number of methoxy groups -OCH3 is 1. The van der Waals surface area contributed by atoms with Crippen LogP contribution in [0.1, 0.15) is 12.8 Å². The van der Waals surface area contributed by atoms with Gasteiger partial charge >= 0.3 is 0 Å². The van der Waals surface area contributed by atoms with Crippen molar-refractivity contribution < 1.29 is 17.9 Å². The van der Waals surface area contributed by atoms with E-state index in [9.17, 15) is 13.2 Å². The van der Waals surface area contributed by atoms with Gasteiger partial charge in [0.2, 0.25) is 15.9 Å². The molecule has 1 amide bonds. The Morgan fingerprint density at radius 2 is 2.11 bits per heavy atom. The lowest BCUT2D eigenvalue weighted by Crippen LogP contribution is -2.24. The van der Waals surface area contributed by atoms with Crippen molar-refractivity contribution in [2.45, 2.75) is 12.8 Å². The Morgan fingerprint density at radius 1 is 1.37 bits per heavy atom. The minimum atomic E-state index is -3.34. The number of carbonyl (C=O) groups is 1. The van der Waals surface area contributed by atoms with Gasteiger partial charge in [-0.3, -0.25) is 9.52 Å². The third kappa shape index (κ3) is 3.17. The van der Waals surface area contributed by atoms with E-state index in [1.54, 1.807) is 23.1 Å². The predicted octanol–water partition coefficient (Wildman–Crippen LogP) is 1.19. The zero-order valence-electron chi connectivity index (χ0n) is 10.8. The second kappa shape index (κ2) is 5.08. The van der Waals surface area contributed by atoms with Crippen LogP contribution >= 0.6 is 0 Å². The Labute approximate surface area is 112 Å². The quantitative estimate of drug-likeness (QED) is 0.901. The van der Waals surface area contributed by atoms with Crippen LogP contribution < -0.4 is 14.4 Å². The number of sulfonamides is 1. The van der Waals surface area contributed by atoms with Gasteiger partial charge in [0.1, 0.15) is 5.75 Å². The minimum Gasteiger partial charge on any atom is -0.495 e. The first-order valence-electron chi connectivity index (χ1n) is 5.87. The summed E-state index contributed by atoms with van der Waals surface area (Å²) in [5.41, 5.74) is 1.01. The second-order valence-electron chi connectivity index (χ2n) is 4.41. The molecular formula is C12H16N2O4S. The molecule has 19 heavy (non-hydrogen) atoms. The summed E-state index contributed by atoms with van der Waals surface area (Å²) in [6.45, 7) is 0.623. The van der Waals surface area contributed by atoms with Gasteiger partial charge in [0.25, 0.3) is 0 Å². The van der Waals surface area contributed by atoms with E-state index in [0.29, 0.717) is 30.1 Å². The number of rotatable bonds is 4. The molecule has 1 fully saturated rings. The van der Waals surface area contributed by atoms with Gasteiger partial charge in [0.05, 0.1) is 24.7 Å². The number of hydrogen-bond acceptors (Lipinski definition) is 4. The van der Waals surface area contributed by atoms with Crippen LogP contribution in [0.15, 0.2) is 18.2 Å². The van der Waals surface area contributed by atoms with Crippen molar-refractivity contribution in [3.05, 3.63) is 18.2 Å². The molecule has 0 atom stereocenters. The van der Waals surface area contributed by atoms with E-state index < -0.39 is 10.0 Å². The van der Waals surface area contributed by atoms with Gasteiger partial charge in [-0.05, 0) is 24.6 Å². The first-order chi connectivity index (χ1) is 8.90. The Kier molecular flexibility index (Phi) is 3.66. The van der Waals surface area contributed by atoms with Crippen LogP contribution in [-0.4, -0.2) is 34.2 Å². The minimum absolute atomic E-state index is 0.0230. The Hall–Kier alpha value is -1.76. The SMILES string of the molecule is COc1ccc(NS(C)(=O)=O)cc1N1CCCC1=O. The summed E-state index contributed by atoms with van der Waals surface area (Å²) in [6.07, 6.45) is 2.39. The fraction of sp³-hybridized carbons (Fsp3) is 0.417. The number of hydrogen-bond donors (Lipinski definition) is 1. The molecule has 104 valence electrons. The number of benzene rings is 1. The van der Waals surface area contributed by atoms with Gasteiger partial charge in [-0.2, -0.15) is 0 Å². The molecule has 0 aliphatic carbocycles. The molecular weight excluding hydrogens is 268 g/mol. The average molecular weight is 284 g/mol. The van der Waals surface area contributed by atoms with Gasteiger partial charge in [-0.1, -0.05) is 0 Å². The fourth-order valence-corrected chi connectivity index (χ4v) is 2.64. The molecule has 1 aliphatic heterocycles. The highest BCUT2D eigenvalue weighted by molar-refractivity contribution is 7.92. The number of amides is 1. The summed E-state index contributed by atoms with van der Waals surface area (Å²) < 4.78 is 30.1. The van der Waals surface area contributed by atoms with Crippen LogP contribution in [0.2, 0.25) is 0 Å². The van der Waals surface area contributed by atoms with E-state index in [2.05, 4.69) is 4.72 Å². The summed E-state index contributed by atoms with van der Waals surface area (Å²) in [7, 11) is -1.83. The Morgan fingerprint density at radius 3 is 2.63 bits per heavy atom. The molecule has 0 radical (unpaired) electrons. The lowest BCUT2D eigenvalue weighted by Gasteiger charge is -2.20. The summed E-state index contributed by atoms with van der Waals surface area (Å²) in [5.74, 6) is 0.573. The standard InChI is InChI=1S/C12H16N2O4S/c1-18-11-6-5-9(13-19(2,16)17)8-10(11)14-7-3-4-12(14)15/h5-6,8,13H,3-4,7H2,1-2H3. The summed E-state index contributed by atoms with van der Waals surface area (Å²) in [6, 6.07) is 4.86. The number of nitrogens with zero attached hydrogens (tertiary/aromatic N) is 1. The highest BCUT2D eigenvalue weighted by Gasteiger charge is 2.24. The van der Waals surface area contributed by atoms with Crippen LogP contribution in [0.3, 0.4) is 0 Å². The van der Waals surface area contributed by atoms with Gasteiger partial charge in [0.15, 0.2) is 0 Å². The number of ether oxygens (including phenoxy) is 1. The van der Waals surface area contributed by atoms with Gasteiger partial charge in [-0.15, -0.1) is 0 Å². The van der Waals surface area contributed by atoms with Crippen LogP contribution in [0, 0.1) is 0 Å². The number of nitrogens with one attached hydrogen (secondary N) is 1. The molecule has 0 bridgehead atoms. The van der Waals surface area contributed by atoms with Gasteiger partial charge < -0.3 is 9.64 Å². The van der Waals surface area contributed by atoms with Crippen molar-refractivity contribution in [1.82, 2.24) is 0 Å². The lowest BCUT2D eigenvalue weighted by molar-refractivity contribution is -0.117. The van der Waals surface area contributed by atoms with Crippen molar-refractivity contribution in [3.63, 3.8) is 0 Å². The van der Waals surface area contributed by atoms with Crippen molar-refractivity contribution in [1.29, 1.82) is 0 Å². The van der Waals surface area contributed by atoms with Crippen molar-refractivity contribution in [3.8, 4) is 5.75 Å². The maximum Gasteiger partial charge on any atom is 0.229 e. The molecule has 7 heteroatoms. The zero-order chi connectivity index (χ0) is 14.0. The zero-order valence-corrected chi connectivity index (χ0v) is 11.7. The van der Waals surface area contributed by atoms with Crippen molar-refractivity contribution in [2.24, 2.45) is 0 Å². The van der Waals surface area contributed by atoms with E-state index in [4.69, 9.17) is 4.74 Å². The molecule has 0 aromatic heterocycles. The molecule has 6 nitrogen and oxygen atoms in total. The number of carbonyl (C=O) groups excluding carboxylic acids is 1. The fourth-order valence-electron chi connectivity index (χ4n) is 2.08. The maximum absolute atomic E-state index is 11.8. The second-order valence-corrected chi connectivity index (χ2v) is 6.16. The Bertz CT molecular complexity index is 598. The number of anilines is 2. The molecule has 0 saturated carbocycles. The van der Waals surface area contributed by atoms with Gasteiger partial charge in [0, 0.05) is 13.0 Å². The normalized spacial score (nSPS) is 15.7. The van der Waals surface area contributed by atoms with Crippen LogP contribution in [0.4, 0.5) is 11.4 Å². The van der Waals surface area contributed by atoms with E-state index in [-0.39, 0.29) is 5.91 Å². The maximum atomic E-state index is 11.8. The summed E-state index contributed by atoms with van der Waals surface area (Å²) >= 11 is 0. The molecule has 1 aliphatic rings. The monoisotopic (exact) mass is 284 g/mol. The third-order valence-electron chi connectivity index (χ3n) is 2.85. The lowest BCUT2D eigenvalue weighted by atomic mass is 10.2. The first-order valence-corrected chi connectivity index (χ1v) is 7.76. The smallest absolute Gasteiger partial charge is 0.229 e. The van der Waals surface area contributed by atoms with E-state index >= 15 is 0 Å². The largest absolute Gasteiger partial charge is 0.495 e. The molecule has 0 spiro atoms. The van der Waals surface area contributed by atoms with Gasteiger partial charge in [-0.25, -0.2) is 8.42 Å². The molecule has 1 aromatic carbocycles. The topological polar surface area (TPSA) is 75.7 Å². The highest BCUT2D eigenvalue weighted by atomic mass is 32.2. The van der Waals surface area contributed by atoms with E-state index in [1.165, 1.54) is 7.11 Å². The summed E-state index contributed by atoms with van der Waals surface area (Å²) in [4.78, 5) is 13.4. The van der Waals surface area contributed by atoms with E-state index in [1.807, 2.05) is 0 Å². The molecule has 1 heterocycles. The first kappa shape index (κ1) is 13.7.